The van der Waals surface area contributed by atoms with E-state index in [1.165, 1.54) is 27.1 Å². The first-order valence-corrected chi connectivity index (χ1v) is 17.4. The summed E-state index contributed by atoms with van der Waals surface area (Å²) >= 11 is 0. The van der Waals surface area contributed by atoms with Crippen molar-refractivity contribution >= 4 is 49.3 Å². The third kappa shape index (κ3) is 4.72. The fourth-order valence-electron chi connectivity index (χ4n) is 7.77. The van der Waals surface area contributed by atoms with Crippen molar-refractivity contribution in [3.8, 4) is 45.0 Å². The number of fused-ring (bicyclic) bond motifs is 7. The van der Waals surface area contributed by atoms with Gasteiger partial charge in [0.2, 0.25) is 0 Å². The van der Waals surface area contributed by atoms with Crippen LogP contribution in [0.25, 0.3) is 93.5 Å². The molecule has 7 aromatic carbocycles. The lowest BCUT2D eigenvalue weighted by Gasteiger charge is -2.13. The summed E-state index contributed by atoms with van der Waals surface area (Å²) in [5.74, 6) is 0. The molecule has 0 bridgehead atoms. The molecule has 0 unspecified atom stereocenters. The smallest absolute Gasteiger partial charge is 0.187 e. The SMILES string of the molecule is [C-]#[N+]c1ccc(-n2c3ccccc3c3c2ccc2c4ccccc4n(-c4cccc(-c5cc(-c6ccccc6)cc(-c6ccccc6)n5)c4)c23)cc1. The number of hydrogen-bond acceptors (Lipinski definition) is 1. The van der Waals surface area contributed by atoms with Crippen LogP contribution in [-0.4, -0.2) is 14.1 Å². The van der Waals surface area contributed by atoms with E-state index < -0.39 is 0 Å². The number of rotatable bonds is 5. The fourth-order valence-corrected chi connectivity index (χ4v) is 7.77. The van der Waals surface area contributed by atoms with Gasteiger partial charge in [-0.25, -0.2) is 9.83 Å². The van der Waals surface area contributed by atoms with E-state index in [9.17, 15) is 0 Å². The molecule has 0 saturated carbocycles. The van der Waals surface area contributed by atoms with Crippen molar-refractivity contribution in [1.29, 1.82) is 0 Å². The second-order valence-corrected chi connectivity index (χ2v) is 13.1. The average Bonchev–Trinajstić information content (AvgIpc) is 3.74. The van der Waals surface area contributed by atoms with Crippen LogP contribution in [0.2, 0.25) is 0 Å². The fraction of sp³-hybridized carbons (Fsp3) is 0. The molecule has 10 rings (SSSR count). The Hall–Kier alpha value is -7.22. The molecule has 52 heavy (non-hydrogen) atoms. The summed E-state index contributed by atoms with van der Waals surface area (Å²) in [5, 5.41) is 4.79. The molecule has 0 aliphatic carbocycles. The number of benzene rings is 7. The lowest BCUT2D eigenvalue weighted by molar-refractivity contribution is 1.17. The molecule has 4 heteroatoms. The summed E-state index contributed by atoms with van der Waals surface area (Å²) in [6.07, 6.45) is 0. The normalized spacial score (nSPS) is 11.4. The van der Waals surface area contributed by atoms with Crippen LogP contribution in [0.1, 0.15) is 0 Å². The molecule has 0 radical (unpaired) electrons. The van der Waals surface area contributed by atoms with E-state index in [1.807, 2.05) is 30.3 Å². The largest absolute Gasteiger partial charge is 0.309 e. The Bertz CT molecular complexity index is 2940. The van der Waals surface area contributed by atoms with E-state index in [4.69, 9.17) is 11.6 Å². The monoisotopic (exact) mass is 662 g/mol. The highest BCUT2D eigenvalue weighted by Crippen LogP contribution is 2.42. The minimum absolute atomic E-state index is 0.631. The van der Waals surface area contributed by atoms with Gasteiger partial charge in [0.15, 0.2) is 5.69 Å². The number of para-hydroxylation sites is 2. The summed E-state index contributed by atoms with van der Waals surface area (Å²) in [7, 11) is 0. The van der Waals surface area contributed by atoms with Crippen LogP contribution in [0.5, 0.6) is 0 Å². The molecular weight excluding hydrogens is 633 g/mol. The van der Waals surface area contributed by atoms with Gasteiger partial charge in [-0.1, -0.05) is 127 Å². The molecule has 4 nitrogen and oxygen atoms in total. The Morgan fingerprint density at radius 2 is 1.02 bits per heavy atom. The summed E-state index contributed by atoms with van der Waals surface area (Å²) in [4.78, 5) is 8.89. The van der Waals surface area contributed by atoms with Crippen LogP contribution in [0, 0.1) is 6.57 Å². The van der Waals surface area contributed by atoms with Gasteiger partial charge in [0.1, 0.15) is 0 Å². The molecule has 0 aliphatic rings. The van der Waals surface area contributed by atoms with Gasteiger partial charge in [0, 0.05) is 44.0 Å². The molecule has 0 saturated heterocycles. The lowest BCUT2D eigenvalue weighted by Crippen LogP contribution is -1.97. The molecule has 0 aliphatic heterocycles. The molecule has 3 heterocycles. The van der Waals surface area contributed by atoms with E-state index >= 15 is 0 Å². The molecule has 0 fully saturated rings. The van der Waals surface area contributed by atoms with E-state index in [-0.39, 0.29) is 0 Å². The maximum atomic E-state index is 7.48. The van der Waals surface area contributed by atoms with Gasteiger partial charge in [0.05, 0.1) is 40.0 Å². The van der Waals surface area contributed by atoms with E-state index in [0.717, 1.165) is 61.6 Å². The van der Waals surface area contributed by atoms with Crippen LogP contribution in [0.4, 0.5) is 5.69 Å². The van der Waals surface area contributed by atoms with Crippen molar-refractivity contribution in [3.05, 3.63) is 193 Å². The zero-order chi connectivity index (χ0) is 34.6. The van der Waals surface area contributed by atoms with Gasteiger partial charge < -0.3 is 9.13 Å². The van der Waals surface area contributed by atoms with E-state index in [0.29, 0.717) is 5.69 Å². The lowest BCUT2D eigenvalue weighted by atomic mass is 10.00. The Morgan fingerprint density at radius 3 is 1.75 bits per heavy atom. The minimum Gasteiger partial charge on any atom is -0.309 e. The Labute approximate surface area is 300 Å². The van der Waals surface area contributed by atoms with Crippen LogP contribution in [-0.2, 0) is 0 Å². The number of hydrogen-bond donors (Lipinski definition) is 0. The zero-order valence-electron chi connectivity index (χ0n) is 28.1. The van der Waals surface area contributed by atoms with Crippen molar-refractivity contribution in [2.24, 2.45) is 0 Å². The van der Waals surface area contributed by atoms with Crippen molar-refractivity contribution < 1.29 is 0 Å². The van der Waals surface area contributed by atoms with Crippen LogP contribution in [0.15, 0.2) is 182 Å². The molecule has 10 aromatic rings. The van der Waals surface area contributed by atoms with Crippen molar-refractivity contribution in [2.75, 3.05) is 0 Å². The minimum atomic E-state index is 0.631. The molecular formula is C48H30N4. The quantitative estimate of drug-likeness (QED) is 0.169. The van der Waals surface area contributed by atoms with Crippen molar-refractivity contribution in [1.82, 2.24) is 14.1 Å². The molecule has 0 spiro atoms. The van der Waals surface area contributed by atoms with Crippen LogP contribution >= 0.6 is 0 Å². The predicted molar refractivity (Wildman–Crippen MR) is 215 cm³/mol. The van der Waals surface area contributed by atoms with Crippen molar-refractivity contribution in [3.63, 3.8) is 0 Å². The Kier molecular flexibility index (Phi) is 6.84. The second-order valence-electron chi connectivity index (χ2n) is 13.1. The molecule has 3 aromatic heterocycles. The van der Waals surface area contributed by atoms with E-state index in [2.05, 4.69) is 166 Å². The number of pyridine rings is 1. The first-order chi connectivity index (χ1) is 25.7. The second kappa shape index (κ2) is 12.0. The van der Waals surface area contributed by atoms with Gasteiger partial charge in [0.25, 0.3) is 0 Å². The molecule has 0 amide bonds. The maximum absolute atomic E-state index is 7.48. The predicted octanol–water partition coefficient (Wildman–Crippen LogP) is 12.8. The summed E-state index contributed by atoms with van der Waals surface area (Å²) < 4.78 is 4.74. The number of nitrogens with zero attached hydrogens (tertiary/aromatic N) is 4. The van der Waals surface area contributed by atoms with Crippen molar-refractivity contribution in [2.45, 2.75) is 0 Å². The van der Waals surface area contributed by atoms with Crippen LogP contribution in [0.3, 0.4) is 0 Å². The van der Waals surface area contributed by atoms with E-state index in [1.54, 1.807) is 0 Å². The van der Waals surface area contributed by atoms with Gasteiger partial charge in [-0.3, -0.25) is 0 Å². The standard InChI is InChI=1S/C48H30N4/c1-49-36-23-25-37(26-24-36)51-45-22-11-9-20-41(45)47-46(51)28-27-40-39-19-8-10-21-44(39)52(48(40)47)38-18-12-17-34(29-38)43-31-35(32-13-4-2-5-14-32)30-42(50-43)33-15-6-3-7-16-33/h2-31H. The third-order valence-electron chi connectivity index (χ3n) is 10.1. The molecule has 242 valence electrons. The van der Waals surface area contributed by atoms with Crippen LogP contribution < -0.4 is 0 Å². The highest BCUT2D eigenvalue weighted by atomic mass is 15.0. The topological polar surface area (TPSA) is 27.1 Å². The highest BCUT2D eigenvalue weighted by Gasteiger charge is 2.21. The Balaban J connectivity index is 1.24. The summed E-state index contributed by atoms with van der Waals surface area (Å²) in [5.41, 5.74) is 13.6. The molecule has 0 atom stereocenters. The summed E-state index contributed by atoms with van der Waals surface area (Å²) in [6.45, 7) is 7.48. The maximum Gasteiger partial charge on any atom is 0.187 e. The molecule has 0 N–H and O–H groups in total. The average molecular weight is 663 g/mol. The zero-order valence-corrected chi connectivity index (χ0v) is 28.1. The van der Waals surface area contributed by atoms with Gasteiger partial charge in [-0.15, -0.1) is 0 Å². The summed E-state index contributed by atoms with van der Waals surface area (Å²) in [6, 6.07) is 63.9. The third-order valence-corrected chi connectivity index (χ3v) is 10.1. The number of aromatic nitrogens is 3. The van der Waals surface area contributed by atoms with Gasteiger partial charge >= 0.3 is 0 Å². The first kappa shape index (κ1) is 29.7. The first-order valence-electron chi connectivity index (χ1n) is 17.4. The van der Waals surface area contributed by atoms with Gasteiger partial charge in [-0.05, 0) is 65.7 Å². The Morgan fingerprint density at radius 1 is 0.404 bits per heavy atom. The van der Waals surface area contributed by atoms with Gasteiger partial charge in [-0.2, -0.15) is 0 Å². The highest BCUT2D eigenvalue weighted by molar-refractivity contribution is 6.26.